The minimum absolute atomic E-state index is 0.0613. The van der Waals surface area contributed by atoms with Gasteiger partial charge in [0.25, 0.3) is 5.91 Å². The van der Waals surface area contributed by atoms with Crippen LogP contribution in [-0.4, -0.2) is 32.9 Å². The first-order valence-corrected chi connectivity index (χ1v) is 9.30. The van der Waals surface area contributed by atoms with Gasteiger partial charge in [-0.1, -0.05) is 0 Å². The normalized spacial score (nSPS) is 10.9. The predicted octanol–water partition coefficient (Wildman–Crippen LogP) is 2.61. The molecule has 2 aromatic carbocycles. The molecule has 0 aliphatic heterocycles. The summed E-state index contributed by atoms with van der Waals surface area (Å²) < 4.78 is 21.3. The Morgan fingerprint density at radius 3 is 2.41 bits per heavy atom. The first kappa shape index (κ1) is 20.3. The van der Waals surface area contributed by atoms with Crippen LogP contribution < -0.4 is 15.7 Å². The van der Waals surface area contributed by atoms with Crippen LogP contribution in [0.1, 0.15) is 24.2 Å². The number of amides is 1. The van der Waals surface area contributed by atoms with Crippen molar-refractivity contribution in [3.8, 4) is 17.1 Å². The highest BCUT2D eigenvalue weighted by atomic mass is 19.1. The van der Waals surface area contributed by atoms with Crippen molar-refractivity contribution < 1.29 is 13.9 Å². The summed E-state index contributed by atoms with van der Waals surface area (Å²) in [6, 6.07) is 12.6. The van der Waals surface area contributed by atoms with Gasteiger partial charge in [-0.2, -0.15) is 0 Å². The minimum Gasteiger partial charge on any atom is -0.491 e. The number of carbonyl (C=O) groups is 1. The molecule has 0 bridgehead atoms. The Hall–Kier alpha value is -3.42. The van der Waals surface area contributed by atoms with Crippen LogP contribution in [0.25, 0.3) is 11.4 Å². The zero-order valence-electron chi connectivity index (χ0n) is 16.6. The van der Waals surface area contributed by atoms with Crippen molar-refractivity contribution in [2.75, 3.05) is 6.54 Å². The molecule has 0 fully saturated rings. The second kappa shape index (κ2) is 8.72. The third kappa shape index (κ3) is 4.90. The van der Waals surface area contributed by atoms with Gasteiger partial charge in [-0.3, -0.25) is 9.36 Å². The Labute approximate surface area is 167 Å². The molecule has 29 heavy (non-hydrogen) atoms. The highest BCUT2D eigenvalue weighted by Gasteiger charge is 2.13. The van der Waals surface area contributed by atoms with Crippen LogP contribution >= 0.6 is 0 Å². The zero-order chi connectivity index (χ0) is 21.0. The number of hydrogen-bond acceptors (Lipinski definition) is 4. The predicted molar refractivity (Wildman–Crippen MR) is 107 cm³/mol. The van der Waals surface area contributed by atoms with Gasteiger partial charge in [0.05, 0.1) is 12.6 Å². The summed E-state index contributed by atoms with van der Waals surface area (Å²) in [5.74, 6) is 0.528. The largest absolute Gasteiger partial charge is 0.491 e. The molecule has 1 N–H and O–H groups in total. The molecule has 0 saturated heterocycles. The Balaban J connectivity index is 1.62. The summed E-state index contributed by atoms with van der Waals surface area (Å²) >= 11 is 0. The van der Waals surface area contributed by atoms with Crippen LogP contribution in [-0.2, 0) is 13.6 Å². The summed E-state index contributed by atoms with van der Waals surface area (Å²) in [4.78, 5) is 24.6. The first-order valence-electron chi connectivity index (χ1n) is 9.30. The number of ether oxygens (including phenoxy) is 1. The van der Waals surface area contributed by atoms with Crippen LogP contribution in [0.15, 0.2) is 53.3 Å². The summed E-state index contributed by atoms with van der Waals surface area (Å²) in [5.41, 5.74) is 0.827. The van der Waals surface area contributed by atoms with E-state index < -0.39 is 0 Å². The standard InChI is InChI=1S/C21H23FN4O3/c1-14(2)29-18-10-6-16(7-11-18)20(27)23-12-13-26-21(28)25(3)19(24-26)15-4-8-17(22)9-5-15/h4-11,14H,12-13H2,1-3H3,(H,23,27). The maximum atomic E-state index is 13.1. The molecular formula is C21H23FN4O3. The molecular weight excluding hydrogens is 375 g/mol. The molecule has 0 atom stereocenters. The van der Waals surface area contributed by atoms with Crippen LogP contribution in [0, 0.1) is 5.82 Å². The minimum atomic E-state index is -0.357. The fraction of sp³-hybridized carbons (Fsp3) is 0.286. The number of hydrogen-bond donors (Lipinski definition) is 1. The van der Waals surface area contributed by atoms with Crippen LogP contribution in [0.4, 0.5) is 4.39 Å². The van der Waals surface area contributed by atoms with Gasteiger partial charge in [0.15, 0.2) is 5.82 Å². The van der Waals surface area contributed by atoms with E-state index in [1.54, 1.807) is 43.4 Å². The van der Waals surface area contributed by atoms with Crippen LogP contribution in [0.5, 0.6) is 5.75 Å². The molecule has 1 aromatic heterocycles. The summed E-state index contributed by atoms with van der Waals surface area (Å²) in [7, 11) is 1.60. The molecule has 0 spiro atoms. The Morgan fingerprint density at radius 2 is 1.79 bits per heavy atom. The molecule has 3 aromatic rings. The average Bonchev–Trinajstić information content (AvgIpc) is 2.97. The van der Waals surface area contributed by atoms with Gasteiger partial charge in [0.1, 0.15) is 11.6 Å². The Kier molecular flexibility index (Phi) is 6.11. The van der Waals surface area contributed by atoms with Gasteiger partial charge in [0, 0.05) is 24.7 Å². The number of aromatic nitrogens is 3. The maximum Gasteiger partial charge on any atom is 0.345 e. The molecule has 0 unspecified atom stereocenters. The van der Waals surface area contributed by atoms with Crippen molar-refractivity contribution in [2.45, 2.75) is 26.5 Å². The van der Waals surface area contributed by atoms with E-state index in [0.29, 0.717) is 22.7 Å². The number of nitrogens with one attached hydrogen (secondary N) is 1. The molecule has 0 radical (unpaired) electrons. The lowest BCUT2D eigenvalue weighted by atomic mass is 10.2. The van der Waals surface area contributed by atoms with E-state index in [-0.39, 0.29) is 36.6 Å². The molecule has 0 aliphatic rings. The van der Waals surface area contributed by atoms with Crippen molar-refractivity contribution in [3.63, 3.8) is 0 Å². The van der Waals surface area contributed by atoms with Gasteiger partial charge in [-0.05, 0) is 62.4 Å². The molecule has 3 rings (SSSR count). The number of benzene rings is 2. The van der Waals surface area contributed by atoms with Gasteiger partial charge >= 0.3 is 5.69 Å². The molecule has 1 heterocycles. The molecule has 7 nitrogen and oxygen atoms in total. The number of halogens is 1. The maximum absolute atomic E-state index is 13.1. The summed E-state index contributed by atoms with van der Waals surface area (Å²) in [5, 5.41) is 7.07. The van der Waals surface area contributed by atoms with Crippen molar-refractivity contribution >= 4 is 5.91 Å². The average molecular weight is 398 g/mol. The third-order valence-electron chi connectivity index (χ3n) is 4.24. The highest BCUT2D eigenvalue weighted by molar-refractivity contribution is 5.94. The van der Waals surface area contributed by atoms with E-state index in [0.717, 1.165) is 0 Å². The van der Waals surface area contributed by atoms with E-state index in [9.17, 15) is 14.0 Å². The first-order chi connectivity index (χ1) is 13.8. The van der Waals surface area contributed by atoms with E-state index in [1.807, 2.05) is 13.8 Å². The Morgan fingerprint density at radius 1 is 1.14 bits per heavy atom. The number of nitrogens with zero attached hydrogens (tertiary/aromatic N) is 3. The van der Waals surface area contributed by atoms with E-state index in [1.165, 1.54) is 21.4 Å². The number of carbonyl (C=O) groups excluding carboxylic acids is 1. The number of rotatable bonds is 7. The SMILES string of the molecule is CC(C)Oc1ccc(C(=O)NCCn2nc(-c3ccc(F)cc3)n(C)c2=O)cc1. The summed E-state index contributed by atoms with van der Waals surface area (Å²) in [6.07, 6.45) is 0.0613. The lowest BCUT2D eigenvalue weighted by molar-refractivity contribution is 0.0951. The second-order valence-corrected chi connectivity index (χ2v) is 6.84. The smallest absolute Gasteiger partial charge is 0.345 e. The summed E-state index contributed by atoms with van der Waals surface area (Å²) in [6.45, 7) is 4.32. The molecule has 8 heteroatoms. The fourth-order valence-electron chi connectivity index (χ4n) is 2.82. The van der Waals surface area contributed by atoms with Crippen molar-refractivity contribution in [2.24, 2.45) is 7.05 Å². The van der Waals surface area contributed by atoms with E-state index >= 15 is 0 Å². The quantitative estimate of drug-likeness (QED) is 0.664. The lowest BCUT2D eigenvalue weighted by Gasteiger charge is -2.10. The monoisotopic (exact) mass is 398 g/mol. The van der Waals surface area contributed by atoms with Crippen molar-refractivity contribution in [1.29, 1.82) is 0 Å². The Bertz CT molecular complexity index is 1040. The van der Waals surface area contributed by atoms with Crippen molar-refractivity contribution in [3.05, 3.63) is 70.4 Å². The van der Waals surface area contributed by atoms with E-state index in [2.05, 4.69) is 10.4 Å². The van der Waals surface area contributed by atoms with E-state index in [4.69, 9.17) is 4.74 Å². The van der Waals surface area contributed by atoms with Crippen molar-refractivity contribution in [1.82, 2.24) is 19.7 Å². The molecule has 0 aliphatic carbocycles. The zero-order valence-corrected chi connectivity index (χ0v) is 16.6. The second-order valence-electron chi connectivity index (χ2n) is 6.84. The lowest BCUT2D eigenvalue weighted by Crippen LogP contribution is -2.31. The van der Waals surface area contributed by atoms with Gasteiger partial charge in [-0.25, -0.2) is 13.9 Å². The van der Waals surface area contributed by atoms with Gasteiger partial charge in [0.2, 0.25) is 0 Å². The molecule has 152 valence electrons. The van der Waals surface area contributed by atoms with Crippen LogP contribution in [0.3, 0.4) is 0 Å². The third-order valence-corrected chi connectivity index (χ3v) is 4.24. The molecule has 0 saturated carbocycles. The van der Waals surface area contributed by atoms with Crippen LogP contribution in [0.2, 0.25) is 0 Å². The van der Waals surface area contributed by atoms with Gasteiger partial charge in [-0.15, -0.1) is 5.10 Å². The molecule has 1 amide bonds. The topological polar surface area (TPSA) is 78.2 Å². The fourth-order valence-corrected chi connectivity index (χ4v) is 2.82. The highest BCUT2D eigenvalue weighted by Crippen LogP contribution is 2.15. The van der Waals surface area contributed by atoms with Gasteiger partial charge < -0.3 is 10.1 Å².